The van der Waals surface area contributed by atoms with Gasteiger partial charge in [-0.05, 0) is 17.8 Å². The van der Waals surface area contributed by atoms with E-state index in [1.165, 1.54) is 0 Å². The van der Waals surface area contributed by atoms with Crippen LogP contribution in [0.2, 0.25) is 0 Å². The molecule has 2 heterocycles. The van der Waals surface area contributed by atoms with Gasteiger partial charge in [0, 0.05) is 31.8 Å². The van der Waals surface area contributed by atoms with E-state index in [4.69, 9.17) is 5.41 Å². The van der Waals surface area contributed by atoms with Crippen molar-refractivity contribution in [2.45, 2.75) is 19.0 Å². The van der Waals surface area contributed by atoms with Gasteiger partial charge in [-0.25, -0.2) is 0 Å². The highest BCUT2D eigenvalue weighted by Crippen LogP contribution is 2.39. The first-order valence-corrected chi connectivity index (χ1v) is 5.99. The van der Waals surface area contributed by atoms with Gasteiger partial charge < -0.3 is 14.9 Å². The average Bonchev–Trinajstić information content (AvgIpc) is 2.70. The van der Waals surface area contributed by atoms with Gasteiger partial charge in [-0.3, -0.25) is 4.79 Å². The smallest absolute Gasteiger partial charge is 0.223 e. The van der Waals surface area contributed by atoms with E-state index in [9.17, 15) is 4.79 Å². The molecule has 0 spiro atoms. The van der Waals surface area contributed by atoms with Crippen molar-refractivity contribution in [3.05, 3.63) is 41.9 Å². The van der Waals surface area contributed by atoms with Crippen LogP contribution in [0.5, 0.6) is 0 Å². The summed E-state index contributed by atoms with van der Waals surface area (Å²) in [5.41, 5.74) is 3.03. The van der Waals surface area contributed by atoms with Gasteiger partial charge >= 0.3 is 0 Å². The van der Waals surface area contributed by atoms with E-state index in [2.05, 4.69) is 11.5 Å². The standard InChI is InChI=1S/C14H15N3O/c1-3-5-17-8-9-4-6-16(2)11-7-10(15)14(18)13(17)12(9)11/h3-4,6,8,11,15H,1,5,7H2,2H3. The maximum absolute atomic E-state index is 12.2. The molecule has 1 aromatic rings. The summed E-state index contributed by atoms with van der Waals surface area (Å²) in [6.07, 6.45) is 8.29. The Balaban J connectivity index is 2.26. The molecule has 0 saturated carbocycles. The number of ketones is 1. The Kier molecular flexibility index (Phi) is 2.26. The molecule has 3 rings (SSSR count). The molecule has 4 nitrogen and oxygen atoms in total. The minimum atomic E-state index is -0.141. The summed E-state index contributed by atoms with van der Waals surface area (Å²) < 4.78 is 1.91. The zero-order chi connectivity index (χ0) is 12.9. The van der Waals surface area contributed by atoms with Crippen LogP contribution < -0.4 is 0 Å². The van der Waals surface area contributed by atoms with Gasteiger partial charge in [-0.2, -0.15) is 0 Å². The van der Waals surface area contributed by atoms with Gasteiger partial charge in [0.25, 0.3) is 0 Å². The Morgan fingerprint density at radius 3 is 3.11 bits per heavy atom. The lowest BCUT2D eigenvalue weighted by atomic mass is 9.86. The van der Waals surface area contributed by atoms with E-state index in [1.807, 2.05) is 30.1 Å². The third-order valence-corrected chi connectivity index (χ3v) is 3.67. The van der Waals surface area contributed by atoms with Gasteiger partial charge in [0.05, 0.1) is 17.4 Å². The zero-order valence-corrected chi connectivity index (χ0v) is 10.3. The molecule has 1 aromatic heterocycles. The van der Waals surface area contributed by atoms with E-state index in [0.717, 1.165) is 11.1 Å². The number of allylic oxidation sites excluding steroid dienone is 1. The van der Waals surface area contributed by atoms with E-state index in [1.54, 1.807) is 6.08 Å². The molecule has 0 fully saturated rings. The highest BCUT2D eigenvalue weighted by Gasteiger charge is 2.37. The topological polar surface area (TPSA) is 49.1 Å². The Morgan fingerprint density at radius 1 is 1.61 bits per heavy atom. The maximum atomic E-state index is 12.2. The minimum Gasteiger partial charge on any atom is -0.373 e. The van der Waals surface area contributed by atoms with Crippen molar-refractivity contribution in [2.24, 2.45) is 0 Å². The van der Waals surface area contributed by atoms with Crippen molar-refractivity contribution in [1.29, 1.82) is 5.41 Å². The van der Waals surface area contributed by atoms with E-state index >= 15 is 0 Å². The molecule has 1 aliphatic heterocycles. The van der Waals surface area contributed by atoms with Crippen molar-refractivity contribution in [1.82, 2.24) is 9.47 Å². The summed E-state index contributed by atoms with van der Waals surface area (Å²) in [7, 11) is 1.99. The van der Waals surface area contributed by atoms with Crippen LogP contribution in [0, 0.1) is 5.41 Å². The predicted octanol–water partition coefficient (Wildman–Crippen LogP) is 2.24. The number of nitrogens with zero attached hydrogens (tertiary/aromatic N) is 2. The molecule has 0 aromatic carbocycles. The number of rotatable bonds is 2. The number of nitrogens with one attached hydrogen (secondary N) is 1. The summed E-state index contributed by atoms with van der Waals surface area (Å²) in [4.78, 5) is 14.3. The van der Waals surface area contributed by atoms with Gasteiger partial charge in [0.2, 0.25) is 5.78 Å². The van der Waals surface area contributed by atoms with E-state index < -0.39 is 0 Å². The van der Waals surface area contributed by atoms with Crippen LogP contribution >= 0.6 is 0 Å². The summed E-state index contributed by atoms with van der Waals surface area (Å²) in [5.74, 6) is -0.141. The van der Waals surface area contributed by atoms with Crippen LogP contribution in [0.4, 0.5) is 0 Å². The first kappa shape index (κ1) is 11.0. The molecule has 1 atom stereocenters. The highest BCUT2D eigenvalue weighted by molar-refractivity contribution is 6.46. The molecule has 2 aliphatic rings. The monoisotopic (exact) mass is 241 g/mol. The van der Waals surface area contributed by atoms with Gasteiger partial charge in [-0.15, -0.1) is 6.58 Å². The SMILES string of the molecule is C=CCn1cc2c3c1C(=O)C(=N)CC3N(C)C=C2. The third-order valence-electron chi connectivity index (χ3n) is 3.67. The second kappa shape index (κ2) is 3.70. The fourth-order valence-electron chi connectivity index (χ4n) is 2.79. The largest absolute Gasteiger partial charge is 0.373 e. The fraction of sp³-hybridized carbons (Fsp3) is 0.286. The Morgan fingerprint density at radius 2 is 2.39 bits per heavy atom. The Labute approximate surface area is 106 Å². The quantitative estimate of drug-likeness (QED) is 0.807. The first-order chi connectivity index (χ1) is 8.63. The molecule has 4 heteroatoms. The van der Waals surface area contributed by atoms with Gasteiger partial charge in [0.15, 0.2) is 0 Å². The molecule has 18 heavy (non-hydrogen) atoms. The van der Waals surface area contributed by atoms with Crippen LogP contribution in [-0.4, -0.2) is 28.0 Å². The number of aromatic nitrogens is 1. The number of hydrogen-bond donors (Lipinski definition) is 1. The number of Topliss-reactive ketones (excluding diaryl/α,β-unsaturated/α-hetero) is 1. The number of carbonyl (C=O) groups is 1. The van der Waals surface area contributed by atoms with Crippen LogP contribution in [0.1, 0.15) is 34.1 Å². The maximum Gasteiger partial charge on any atom is 0.223 e. The Hall–Kier alpha value is -2.10. The van der Waals surface area contributed by atoms with E-state index in [0.29, 0.717) is 18.7 Å². The number of carbonyl (C=O) groups excluding carboxylic acids is 1. The van der Waals surface area contributed by atoms with Crippen molar-refractivity contribution in [2.75, 3.05) is 7.05 Å². The fourth-order valence-corrected chi connectivity index (χ4v) is 2.79. The summed E-state index contributed by atoms with van der Waals surface area (Å²) in [5, 5.41) is 7.87. The zero-order valence-electron chi connectivity index (χ0n) is 10.3. The number of hydrogen-bond acceptors (Lipinski definition) is 3. The molecular formula is C14H15N3O. The molecule has 0 saturated heterocycles. The summed E-state index contributed by atoms with van der Waals surface area (Å²) >= 11 is 0. The third kappa shape index (κ3) is 1.32. The van der Waals surface area contributed by atoms with Crippen molar-refractivity contribution >= 4 is 17.6 Å². The molecular weight excluding hydrogens is 226 g/mol. The predicted molar refractivity (Wildman–Crippen MR) is 70.8 cm³/mol. The summed E-state index contributed by atoms with van der Waals surface area (Å²) in [6.45, 7) is 4.32. The average molecular weight is 241 g/mol. The van der Waals surface area contributed by atoms with Crippen LogP contribution in [0.25, 0.3) is 6.08 Å². The molecule has 1 unspecified atom stereocenters. The van der Waals surface area contributed by atoms with Gasteiger partial charge in [0.1, 0.15) is 0 Å². The summed E-state index contributed by atoms with van der Waals surface area (Å²) in [6, 6.07) is 0.122. The minimum absolute atomic E-state index is 0.122. The molecule has 92 valence electrons. The second-order valence-electron chi connectivity index (χ2n) is 4.80. The van der Waals surface area contributed by atoms with Gasteiger partial charge in [-0.1, -0.05) is 6.08 Å². The lowest BCUT2D eigenvalue weighted by Crippen LogP contribution is -2.34. The van der Waals surface area contributed by atoms with Crippen LogP contribution in [0.3, 0.4) is 0 Å². The molecule has 0 amide bonds. The normalized spacial score (nSPS) is 21.2. The van der Waals surface area contributed by atoms with Crippen molar-refractivity contribution in [3.63, 3.8) is 0 Å². The van der Waals surface area contributed by atoms with Crippen molar-refractivity contribution in [3.8, 4) is 0 Å². The molecule has 0 bridgehead atoms. The van der Waals surface area contributed by atoms with Crippen LogP contribution in [0.15, 0.2) is 25.1 Å². The van der Waals surface area contributed by atoms with Crippen LogP contribution in [-0.2, 0) is 6.54 Å². The lowest BCUT2D eigenvalue weighted by Gasteiger charge is -2.33. The second-order valence-corrected chi connectivity index (χ2v) is 4.80. The van der Waals surface area contributed by atoms with Crippen molar-refractivity contribution < 1.29 is 4.79 Å². The molecule has 1 N–H and O–H groups in total. The first-order valence-electron chi connectivity index (χ1n) is 5.99. The molecule has 0 radical (unpaired) electrons. The molecule has 1 aliphatic carbocycles. The Bertz CT molecular complexity index is 594. The lowest BCUT2D eigenvalue weighted by molar-refractivity contribution is 0.104. The highest BCUT2D eigenvalue weighted by atomic mass is 16.1. The van der Waals surface area contributed by atoms with E-state index in [-0.39, 0.29) is 17.5 Å².